The molecule has 0 amide bonds. The summed E-state index contributed by atoms with van der Waals surface area (Å²) in [6.07, 6.45) is 3.61. The first-order valence-electron chi connectivity index (χ1n) is 8.94. The van der Waals surface area contributed by atoms with Crippen LogP contribution < -0.4 is 5.56 Å². The number of aromatic nitrogens is 3. The normalized spacial score (nSPS) is 11.2. The molecule has 2 aromatic carbocycles. The van der Waals surface area contributed by atoms with Gasteiger partial charge in [0.25, 0.3) is 5.56 Å². The molecule has 2 aromatic heterocycles. The van der Waals surface area contributed by atoms with Crippen LogP contribution in [0.5, 0.6) is 0 Å². The summed E-state index contributed by atoms with van der Waals surface area (Å²) in [6, 6.07) is 16.0. The molecule has 0 radical (unpaired) electrons. The van der Waals surface area contributed by atoms with Crippen LogP contribution in [0.2, 0.25) is 5.02 Å². The Morgan fingerprint density at radius 3 is 2.75 bits per heavy atom. The van der Waals surface area contributed by atoms with Gasteiger partial charge in [0.2, 0.25) is 0 Å². The van der Waals surface area contributed by atoms with E-state index < -0.39 is 0 Å². The Morgan fingerprint density at radius 1 is 1.14 bits per heavy atom. The third kappa shape index (κ3) is 3.99. The molecule has 4 rings (SSSR count). The highest BCUT2D eigenvalue weighted by atomic mass is 35.5. The SMILES string of the molecule is Cc1cccc(Cl)c1-n1cnc2nc(SCCCc3ccccc3)sc2c1=O. The quantitative estimate of drug-likeness (QED) is 0.300. The Kier molecular flexibility index (Phi) is 5.80. The topological polar surface area (TPSA) is 47.8 Å². The van der Waals surface area contributed by atoms with Crippen LogP contribution in [-0.4, -0.2) is 20.3 Å². The van der Waals surface area contributed by atoms with Gasteiger partial charge in [-0.15, -0.1) is 11.3 Å². The fourth-order valence-electron chi connectivity index (χ4n) is 3.02. The van der Waals surface area contributed by atoms with E-state index in [1.54, 1.807) is 17.8 Å². The number of para-hydroxylation sites is 1. The van der Waals surface area contributed by atoms with Crippen molar-refractivity contribution in [2.75, 3.05) is 5.75 Å². The molecule has 0 N–H and O–H groups in total. The van der Waals surface area contributed by atoms with Crippen LogP contribution in [0.25, 0.3) is 16.0 Å². The fraction of sp³-hybridized carbons (Fsp3) is 0.190. The van der Waals surface area contributed by atoms with Gasteiger partial charge in [-0.2, -0.15) is 0 Å². The lowest BCUT2D eigenvalue weighted by atomic mass is 10.1. The molecule has 142 valence electrons. The second-order valence-electron chi connectivity index (χ2n) is 6.40. The van der Waals surface area contributed by atoms with Crippen LogP contribution >= 0.6 is 34.7 Å². The van der Waals surface area contributed by atoms with Gasteiger partial charge in [0.15, 0.2) is 9.99 Å². The van der Waals surface area contributed by atoms with Gasteiger partial charge < -0.3 is 0 Å². The Morgan fingerprint density at radius 2 is 1.96 bits per heavy atom. The molecule has 0 fully saturated rings. The number of thioether (sulfide) groups is 1. The van der Waals surface area contributed by atoms with E-state index in [0.29, 0.717) is 21.1 Å². The van der Waals surface area contributed by atoms with Crippen molar-refractivity contribution in [1.29, 1.82) is 0 Å². The highest BCUT2D eigenvalue weighted by molar-refractivity contribution is 8.01. The smallest absolute Gasteiger partial charge is 0.267 e. The summed E-state index contributed by atoms with van der Waals surface area (Å²) in [5, 5.41) is 0.531. The minimum absolute atomic E-state index is 0.130. The van der Waals surface area contributed by atoms with Crippen LogP contribution in [0, 0.1) is 6.92 Å². The Hall–Kier alpha value is -2.15. The largest absolute Gasteiger partial charge is 0.277 e. The monoisotopic (exact) mass is 427 g/mol. The molecule has 0 bridgehead atoms. The van der Waals surface area contributed by atoms with Crippen molar-refractivity contribution in [3.63, 3.8) is 0 Å². The van der Waals surface area contributed by atoms with E-state index >= 15 is 0 Å². The molecular formula is C21H18ClN3OS2. The molecule has 0 aliphatic carbocycles. The maximum absolute atomic E-state index is 13.0. The van der Waals surface area contributed by atoms with Crippen LogP contribution in [0.1, 0.15) is 17.5 Å². The number of aryl methyl sites for hydroxylation is 2. The zero-order chi connectivity index (χ0) is 19.5. The molecule has 4 aromatic rings. The summed E-state index contributed by atoms with van der Waals surface area (Å²) >= 11 is 9.40. The Balaban J connectivity index is 1.53. The van der Waals surface area contributed by atoms with E-state index in [1.165, 1.54) is 27.8 Å². The standard InChI is InChI=1S/C21H18ClN3OS2/c1-14-7-5-11-16(22)17(14)25-13-23-19-18(20(25)26)28-21(24-19)27-12-6-10-15-8-3-2-4-9-15/h2-5,7-9,11,13H,6,10,12H2,1H3. The van der Waals surface area contributed by atoms with E-state index in [1.807, 2.05) is 25.1 Å². The minimum Gasteiger partial charge on any atom is -0.267 e. The number of benzene rings is 2. The number of halogens is 1. The summed E-state index contributed by atoms with van der Waals surface area (Å²) in [5.41, 5.74) is 3.31. The number of fused-ring (bicyclic) bond motifs is 1. The third-order valence-electron chi connectivity index (χ3n) is 4.41. The van der Waals surface area contributed by atoms with Crippen molar-refractivity contribution >= 4 is 45.0 Å². The number of nitrogens with zero attached hydrogens (tertiary/aromatic N) is 3. The van der Waals surface area contributed by atoms with Crippen molar-refractivity contribution in [2.45, 2.75) is 24.1 Å². The van der Waals surface area contributed by atoms with E-state index in [2.05, 4.69) is 34.2 Å². The molecule has 0 saturated heterocycles. The summed E-state index contributed by atoms with van der Waals surface area (Å²) in [4.78, 5) is 21.9. The first kappa shape index (κ1) is 19.2. The molecule has 2 heterocycles. The summed E-state index contributed by atoms with van der Waals surface area (Å²) in [6.45, 7) is 1.93. The molecule has 0 saturated carbocycles. The van der Waals surface area contributed by atoms with Crippen LogP contribution in [0.15, 0.2) is 64.0 Å². The lowest BCUT2D eigenvalue weighted by Crippen LogP contribution is -2.19. The number of hydrogen-bond donors (Lipinski definition) is 0. The second-order valence-corrected chi connectivity index (χ2v) is 9.14. The number of hydrogen-bond acceptors (Lipinski definition) is 5. The summed E-state index contributed by atoms with van der Waals surface area (Å²) < 4.78 is 2.95. The summed E-state index contributed by atoms with van der Waals surface area (Å²) in [5.74, 6) is 0.951. The predicted octanol–water partition coefficient (Wildman–Crippen LogP) is 5.53. The van der Waals surface area contributed by atoms with Gasteiger partial charge in [-0.25, -0.2) is 9.97 Å². The van der Waals surface area contributed by atoms with Gasteiger partial charge in [-0.1, -0.05) is 65.8 Å². The molecular weight excluding hydrogens is 410 g/mol. The predicted molar refractivity (Wildman–Crippen MR) is 118 cm³/mol. The van der Waals surface area contributed by atoms with Crippen molar-refractivity contribution < 1.29 is 0 Å². The molecule has 4 nitrogen and oxygen atoms in total. The molecule has 0 spiro atoms. The van der Waals surface area contributed by atoms with Crippen LogP contribution in [0.4, 0.5) is 0 Å². The lowest BCUT2D eigenvalue weighted by molar-refractivity contribution is 0.932. The lowest BCUT2D eigenvalue weighted by Gasteiger charge is -2.10. The zero-order valence-corrected chi connectivity index (χ0v) is 17.7. The first-order valence-corrected chi connectivity index (χ1v) is 11.1. The average molecular weight is 428 g/mol. The molecule has 7 heteroatoms. The molecule has 0 atom stereocenters. The first-order chi connectivity index (χ1) is 13.6. The van der Waals surface area contributed by atoms with Gasteiger partial charge >= 0.3 is 0 Å². The van der Waals surface area contributed by atoms with Crippen molar-refractivity contribution in [2.24, 2.45) is 0 Å². The van der Waals surface area contributed by atoms with Gasteiger partial charge in [-0.05, 0) is 37.0 Å². The van der Waals surface area contributed by atoms with Gasteiger partial charge in [0, 0.05) is 5.75 Å². The van der Waals surface area contributed by atoms with Crippen molar-refractivity contribution in [3.8, 4) is 5.69 Å². The Labute approximate surface area is 176 Å². The van der Waals surface area contributed by atoms with E-state index in [9.17, 15) is 4.79 Å². The highest BCUT2D eigenvalue weighted by Gasteiger charge is 2.15. The summed E-state index contributed by atoms with van der Waals surface area (Å²) in [7, 11) is 0. The molecule has 28 heavy (non-hydrogen) atoms. The maximum atomic E-state index is 13.0. The van der Waals surface area contributed by atoms with Crippen LogP contribution in [-0.2, 0) is 6.42 Å². The molecule has 0 unspecified atom stereocenters. The van der Waals surface area contributed by atoms with E-state index in [0.717, 1.165) is 28.5 Å². The Bertz CT molecular complexity index is 1150. The van der Waals surface area contributed by atoms with Crippen LogP contribution in [0.3, 0.4) is 0 Å². The average Bonchev–Trinajstić information content (AvgIpc) is 3.12. The van der Waals surface area contributed by atoms with Gasteiger partial charge in [0.1, 0.15) is 11.0 Å². The fourth-order valence-corrected chi connectivity index (χ4v) is 5.37. The van der Waals surface area contributed by atoms with Crippen molar-refractivity contribution in [3.05, 3.63) is 81.4 Å². The molecule has 0 aliphatic rings. The zero-order valence-electron chi connectivity index (χ0n) is 15.3. The second kappa shape index (κ2) is 8.47. The number of rotatable bonds is 6. The minimum atomic E-state index is -0.130. The van der Waals surface area contributed by atoms with Crippen molar-refractivity contribution in [1.82, 2.24) is 14.5 Å². The van der Waals surface area contributed by atoms with Gasteiger partial charge in [-0.3, -0.25) is 9.36 Å². The van der Waals surface area contributed by atoms with Gasteiger partial charge in [0.05, 0.1) is 10.7 Å². The maximum Gasteiger partial charge on any atom is 0.277 e. The number of thiazole rings is 1. The van der Waals surface area contributed by atoms with E-state index in [-0.39, 0.29) is 5.56 Å². The highest BCUT2D eigenvalue weighted by Crippen LogP contribution is 2.28. The third-order valence-corrected chi connectivity index (χ3v) is 6.97. The molecule has 0 aliphatic heterocycles. The van der Waals surface area contributed by atoms with E-state index in [4.69, 9.17) is 11.6 Å².